The molecule has 2 aromatic carbocycles. The van der Waals surface area contributed by atoms with Gasteiger partial charge in [-0.3, -0.25) is 9.59 Å². The highest BCUT2D eigenvalue weighted by Crippen LogP contribution is 2.22. The first-order chi connectivity index (χ1) is 11.1. The molecule has 0 aliphatic heterocycles. The molecule has 2 amide bonds. The summed E-state index contributed by atoms with van der Waals surface area (Å²) in [5.74, 6) is 0.748. The molecule has 0 spiro atoms. The zero-order valence-electron chi connectivity index (χ0n) is 13.3. The monoisotopic (exact) mass is 328 g/mol. The van der Waals surface area contributed by atoms with Crippen molar-refractivity contribution in [2.24, 2.45) is 0 Å². The summed E-state index contributed by atoms with van der Waals surface area (Å²) in [6.45, 7) is 3.99. The third kappa shape index (κ3) is 5.14. The summed E-state index contributed by atoms with van der Waals surface area (Å²) in [4.78, 5) is 24.3. The van der Waals surface area contributed by atoms with Crippen molar-refractivity contribution in [1.29, 1.82) is 0 Å². The van der Waals surface area contributed by atoms with Crippen molar-refractivity contribution in [3.8, 4) is 0 Å². The molecule has 0 unspecified atom stereocenters. The fourth-order valence-electron chi connectivity index (χ4n) is 2.12. The van der Waals surface area contributed by atoms with E-state index in [9.17, 15) is 9.59 Å². The SMILES string of the molecule is CCSc1ccccc1C(=O)NCc1ccc(NC(C)=O)cc1. The lowest BCUT2D eigenvalue weighted by atomic mass is 10.2. The molecule has 0 atom stereocenters. The fourth-order valence-corrected chi connectivity index (χ4v) is 2.92. The van der Waals surface area contributed by atoms with Crippen molar-refractivity contribution in [2.45, 2.75) is 25.3 Å². The van der Waals surface area contributed by atoms with Crippen LogP contribution in [0, 0.1) is 0 Å². The van der Waals surface area contributed by atoms with E-state index >= 15 is 0 Å². The van der Waals surface area contributed by atoms with Gasteiger partial charge in [0.15, 0.2) is 0 Å². The molecule has 23 heavy (non-hydrogen) atoms. The van der Waals surface area contributed by atoms with Crippen LogP contribution < -0.4 is 10.6 Å². The Morgan fingerprint density at radius 3 is 2.39 bits per heavy atom. The maximum Gasteiger partial charge on any atom is 0.252 e. The number of hydrogen-bond acceptors (Lipinski definition) is 3. The van der Waals surface area contributed by atoms with Gasteiger partial charge in [-0.1, -0.05) is 31.2 Å². The Hall–Kier alpha value is -2.27. The Labute approximate surface area is 140 Å². The van der Waals surface area contributed by atoms with E-state index in [-0.39, 0.29) is 11.8 Å². The Balaban J connectivity index is 1.98. The predicted octanol–water partition coefficient (Wildman–Crippen LogP) is 3.69. The molecule has 0 bridgehead atoms. The highest BCUT2D eigenvalue weighted by molar-refractivity contribution is 7.99. The molecule has 0 saturated heterocycles. The molecular formula is C18H20N2O2S. The van der Waals surface area contributed by atoms with Gasteiger partial charge in [-0.05, 0) is 35.6 Å². The maximum absolute atomic E-state index is 12.3. The number of carbonyl (C=O) groups is 2. The molecule has 0 aliphatic rings. The van der Waals surface area contributed by atoms with Crippen molar-refractivity contribution in [2.75, 3.05) is 11.1 Å². The number of thioether (sulfide) groups is 1. The second-order valence-corrected chi connectivity index (χ2v) is 6.30. The minimum absolute atomic E-state index is 0.0764. The van der Waals surface area contributed by atoms with Crippen LogP contribution in [-0.2, 0) is 11.3 Å². The van der Waals surface area contributed by atoms with Gasteiger partial charge in [-0.2, -0.15) is 0 Å². The molecule has 120 valence electrons. The highest BCUT2D eigenvalue weighted by Gasteiger charge is 2.10. The normalized spacial score (nSPS) is 10.2. The van der Waals surface area contributed by atoms with Gasteiger partial charge >= 0.3 is 0 Å². The molecule has 0 aliphatic carbocycles. The molecule has 0 heterocycles. The summed E-state index contributed by atoms with van der Waals surface area (Å²) in [6, 6.07) is 15.0. The molecule has 4 nitrogen and oxygen atoms in total. The van der Waals surface area contributed by atoms with E-state index in [1.54, 1.807) is 11.8 Å². The first-order valence-corrected chi connectivity index (χ1v) is 8.45. The fraction of sp³-hybridized carbons (Fsp3) is 0.222. The molecule has 0 fully saturated rings. The van der Waals surface area contributed by atoms with E-state index in [0.29, 0.717) is 12.1 Å². The molecule has 0 radical (unpaired) electrons. The number of hydrogen-bond donors (Lipinski definition) is 2. The van der Waals surface area contributed by atoms with Gasteiger partial charge in [-0.25, -0.2) is 0 Å². The maximum atomic E-state index is 12.3. The molecule has 2 rings (SSSR count). The van der Waals surface area contributed by atoms with E-state index in [1.807, 2.05) is 48.5 Å². The molecule has 2 N–H and O–H groups in total. The van der Waals surface area contributed by atoms with Crippen LogP contribution in [0.3, 0.4) is 0 Å². The number of rotatable bonds is 6. The van der Waals surface area contributed by atoms with E-state index in [1.165, 1.54) is 6.92 Å². The van der Waals surface area contributed by atoms with Crippen LogP contribution in [-0.4, -0.2) is 17.6 Å². The second kappa shape index (κ2) is 8.39. The molecule has 0 saturated carbocycles. The summed E-state index contributed by atoms with van der Waals surface area (Å²) >= 11 is 1.66. The van der Waals surface area contributed by atoms with Gasteiger partial charge in [0.2, 0.25) is 5.91 Å². The molecule has 0 aromatic heterocycles. The Kier molecular flexibility index (Phi) is 6.23. The number of carbonyl (C=O) groups excluding carboxylic acids is 2. The van der Waals surface area contributed by atoms with Crippen molar-refractivity contribution < 1.29 is 9.59 Å². The number of anilines is 1. The summed E-state index contributed by atoms with van der Waals surface area (Å²) < 4.78 is 0. The van der Waals surface area contributed by atoms with E-state index in [2.05, 4.69) is 17.6 Å². The van der Waals surface area contributed by atoms with Gasteiger partial charge in [0.25, 0.3) is 5.91 Å². The Bertz CT molecular complexity index is 684. The largest absolute Gasteiger partial charge is 0.348 e. The second-order valence-electron chi connectivity index (χ2n) is 4.99. The van der Waals surface area contributed by atoms with Crippen molar-refractivity contribution in [1.82, 2.24) is 5.32 Å². The van der Waals surface area contributed by atoms with E-state index in [4.69, 9.17) is 0 Å². The first-order valence-electron chi connectivity index (χ1n) is 7.46. The predicted molar refractivity (Wildman–Crippen MR) is 94.8 cm³/mol. The van der Waals surface area contributed by atoms with Gasteiger partial charge in [0.1, 0.15) is 0 Å². The summed E-state index contributed by atoms with van der Waals surface area (Å²) in [7, 11) is 0. The highest BCUT2D eigenvalue weighted by atomic mass is 32.2. The number of benzene rings is 2. The van der Waals surface area contributed by atoms with Gasteiger partial charge < -0.3 is 10.6 Å². The average molecular weight is 328 g/mol. The van der Waals surface area contributed by atoms with Crippen LogP contribution in [0.2, 0.25) is 0 Å². The minimum Gasteiger partial charge on any atom is -0.348 e. The van der Waals surface area contributed by atoms with Crippen LogP contribution in [0.5, 0.6) is 0 Å². The third-order valence-electron chi connectivity index (χ3n) is 3.16. The average Bonchev–Trinajstić information content (AvgIpc) is 2.54. The van der Waals surface area contributed by atoms with Crippen LogP contribution in [0.25, 0.3) is 0 Å². The first kappa shape index (κ1) is 17.1. The Morgan fingerprint density at radius 1 is 1.04 bits per heavy atom. The van der Waals surface area contributed by atoms with Crippen molar-refractivity contribution in [3.63, 3.8) is 0 Å². The van der Waals surface area contributed by atoms with Crippen LogP contribution in [0.4, 0.5) is 5.69 Å². The van der Waals surface area contributed by atoms with Gasteiger partial charge in [-0.15, -0.1) is 11.8 Å². The molecule has 2 aromatic rings. The Morgan fingerprint density at radius 2 is 1.74 bits per heavy atom. The summed E-state index contributed by atoms with van der Waals surface area (Å²) in [5.41, 5.74) is 2.43. The van der Waals surface area contributed by atoms with E-state index < -0.39 is 0 Å². The number of nitrogens with one attached hydrogen (secondary N) is 2. The zero-order valence-corrected chi connectivity index (χ0v) is 14.1. The van der Waals surface area contributed by atoms with Gasteiger partial charge in [0.05, 0.1) is 5.56 Å². The lowest BCUT2D eigenvalue weighted by Crippen LogP contribution is -2.23. The zero-order chi connectivity index (χ0) is 16.7. The molecule has 5 heteroatoms. The minimum atomic E-state index is -0.101. The molecular weight excluding hydrogens is 308 g/mol. The lowest BCUT2D eigenvalue weighted by Gasteiger charge is -2.10. The van der Waals surface area contributed by atoms with Crippen molar-refractivity contribution in [3.05, 3.63) is 59.7 Å². The van der Waals surface area contributed by atoms with Crippen molar-refractivity contribution >= 4 is 29.3 Å². The van der Waals surface area contributed by atoms with Crippen LogP contribution in [0.1, 0.15) is 29.8 Å². The van der Waals surface area contributed by atoms with Gasteiger partial charge in [0, 0.05) is 24.1 Å². The summed E-state index contributed by atoms with van der Waals surface area (Å²) in [6.07, 6.45) is 0. The standard InChI is InChI=1S/C18H20N2O2S/c1-3-23-17-7-5-4-6-16(17)18(22)19-12-14-8-10-15(11-9-14)20-13(2)21/h4-11H,3,12H2,1-2H3,(H,19,22)(H,20,21). The quantitative estimate of drug-likeness (QED) is 0.795. The third-order valence-corrected chi connectivity index (χ3v) is 4.11. The van der Waals surface area contributed by atoms with Crippen LogP contribution >= 0.6 is 11.8 Å². The van der Waals surface area contributed by atoms with E-state index in [0.717, 1.165) is 21.9 Å². The smallest absolute Gasteiger partial charge is 0.252 e. The van der Waals surface area contributed by atoms with Crippen LogP contribution in [0.15, 0.2) is 53.4 Å². The number of amides is 2. The summed E-state index contributed by atoms with van der Waals surface area (Å²) in [5, 5.41) is 5.65. The topological polar surface area (TPSA) is 58.2 Å². The lowest BCUT2D eigenvalue weighted by molar-refractivity contribution is -0.114.